The molecule has 0 aliphatic heterocycles. The molecule has 0 saturated carbocycles. The van der Waals surface area contributed by atoms with E-state index in [1.807, 2.05) is 0 Å². The van der Waals surface area contributed by atoms with E-state index < -0.39 is 0 Å². The Morgan fingerprint density at radius 2 is 2.00 bits per heavy atom. The molecule has 0 radical (unpaired) electrons. The molecule has 0 aromatic heterocycles. The molecule has 0 bridgehead atoms. The molecule has 1 unspecified atom stereocenters. The topological polar surface area (TPSA) is 35.2 Å². The molecule has 0 amide bonds. The average Bonchev–Trinajstić information content (AvgIpc) is 2.72. The molecular weight excluding hydrogens is 198 g/mol. The zero-order valence-corrected chi connectivity index (χ0v) is 10.2. The van der Waals surface area contributed by atoms with Gasteiger partial charge in [0.1, 0.15) is 12.4 Å². The van der Waals surface area contributed by atoms with Crippen molar-refractivity contribution in [1.82, 2.24) is 0 Å². The zero-order valence-electron chi connectivity index (χ0n) is 10.2. The Morgan fingerprint density at radius 1 is 1.25 bits per heavy atom. The fourth-order valence-electron chi connectivity index (χ4n) is 2.02. The van der Waals surface area contributed by atoms with Gasteiger partial charge < -0.3 is 10.5 Å². The molecule has 1 aliphatic carbocycles. The molecule has 2 rings (SSSR count). The highest BCUT2D eigenvalue weighted by Gasteiger charge is 2.12. The second-order valence-corrected chi connectivity index (χ2v) is 5.00. The summed E-state index contributed by atoms with van der Waals surface area (Å²) in [6.07, 6.45) is 3.70. The second-order valence-electron chi connectivity index (χ2n) is 5.00. The lowest BCUT2D eigenvalue weighted by Crippen LogP contribution is -2.33. The number of fused-ring (bicyclic) bond motifs is 1. The summed E-state index contributed by atoms with van der Waals surface area (Å²) in [7, 11) is 0. The van der Waals surface area contributed by atoms with Crippen LogP contribution in [0.15, 0.2) is 18.2 Å². The van der Waals surface area contributed by atoms with Gasteiger partial charge in [-0.25, -0.2) is 0 Å². The Labute approximate surface area is 97.8 Å². The lowest BCUT2D eigenvalue weighted by atomic mass is 10.1. The smallest absolute Gasteiger partial charge is 0.119 e. The SMILES string of the molecule is CC(C)C(N)COc1ccc2c(c1)CCC2. The molecule has 1 aliphatic rings. The van der Waals surface area contributed by atoms with E-state index in [0.717, 1.165) is 5.75 Å². The first kappa shape index (κ1) is 11.5. The Hall–Kier alpha value is -1.02. The minimum absolute atomic E-state index is 0.119. The molecule has 1 atom stereocenters. The van der Waals surface area contributed by atoms with Crippen LogP contribution in [-0.2, 0) is 12.8 Å². The number of hydrogen-bond donors (Lipinski definition) is 1. The first-order chi connectivity index (χ1) is 7.66. The number of aryl methyl sites for hydroxylation is 2. The maximum atomic E-state index is 5.95. The molecular formula is C14H21NO. The van der Waals surface area contributed by atoms with Crippen LogP contribution in [0.2, 0.25) is 0 Å². The Bertz CT molecular complexity index is 360. The summed E-state index contributed by atoms with van der Waals surface area (Å²) in [4.78, 5) is 0. The third-order valence-corrected chi connectivity index (χ3v) is 3.37. The van der Waals surface area contributed by atoms with Gasteiger partial charge in [0, 0.05) is 6.04 Å². The molecule has 0 spiro atoms. The number of nitrogens with two attached hydrogens (primary N) is 1. The van der Waals surface area contributed by atoms with Crippen molar-refractivity contribution in [3.63, 3.8) is 0 Å². The normalized spacial score (nSPS) is 16.2. The van der Waals surface area contributed by atoms with E-state index >= 15 is 0 Å². The third kappa shape index (κ3) is 2.56. The quantitative estimate of drug-likeness (QED) is 0.844. The van der Waals surface area contributed by atoms with Gasteiger partial charge in [-0.2, -0.15) is 0 Å². The highest BCUT2D eigenvalue weighted by atomic mass is 16.5. The highest BCUT2D eigenvalue weighted by Crippen LogP contribution is 2.26. The molecule has 0 heterocycles. The number of hydrogen-bond acceptors (Lipinski definition) is 2. The molecule has 2 heteroatoms. The van der Waals surface area contributed by atoms with Crippen molar-refractivity contribution in [2.75, 3.05) is 6.61 Å². The standard InChI is InChI=1S/C14H21NO/c1-10(2)14(15)9-16-13-7-6-11-4-3-5-12(11)8-13/h6-8,10,14H,3-5,9,15H2,1-2H3. The van der Waals surface area contributed by atoms with Crippen LogP contribution in [-0.4, -0.2) is 12.6 Å². The van der Waals surface area contributed by atoms with Crippen molar-refractivity contribution in [2.45, 2.75) is 39.2 Å². The van der Waals surface area contributed by atoms with Crippen LogP contribution in [0, 0.1) is 5.92 Å². The van der Waals surface area contributed by atoms with Crippen LogP contribution in [0.4, 0.5) is 0 Å². The van der Waals surface area contributed by atoms with Gasteiger partial charge >= 0.3 is 0 Å². The van der Waals surface area contributed by atoms with Gasteiger partial charge in [-0.05, 0) is 48.4 Å². The van der Waals surface area contributed by atoms with Crippen LogP contribution in [0.3, 0.4) is 0 Å². The maximum absolute atomic E-state index is 5.95. The van der Waals surface area contributed by atoms with Gasteiger partial charge in [-0.15, -0.1) is 0 Å². The minimum Gasteiger partial charge on any atom is -0.492 e. The fraction of sp³-hybridized carbons (Fsp3) is 0.571. The molecule has 16 heavy (non-hydrogen) atoms. The maximum Gasteiger partial charge on any atom is 0.119 e. The van der Waals surface area contributed by atoms with Crippen molar-refractivity contribution < 1.29 is 4.74 Å². The molecule has 0 saturated heterocycles. The summed E-state index contributed by atoms with van der Waals surface area (Å²) in [5.41, 5.74) is 8.89. The lowest BCUT2D eigenvalue weighted by molar-refractivity contribution is 0.259. The Balaban J connectivity index is 1.95. The molecule has 88 valence electrons. The molecule has 1 aromatic carbocycles. The van der Waals surface area contributed by atoms with E-state index in [1.54, 1.807) is 0 Å². The average molecular weight is 219 g/mol. The van der Waals surface area contributed by atoms with E-state index in [9.17, 15) is 0 Å². The largest absolute Gasteiger partial charge is 0.492 e. The van der Waals surface area contributed by atoms with Gasteiger partial charge in [0.2, 0.25) is 0 Å². The molecule has 1 aromatic rings. The van der Waals surface area contributed by atoms with E-state index in [-0.39, 0.29) is 6.04 Å². The molecule has 0 fully saturated rings. The van der Waals surface area contributed by atoms with Crippen molar-refractivity contribution in [1.29, 1.82) is 0 Å². The minimum atomic E-state index is 0.119. The Morgan fingerprint density at radius 3 is 2.75 bits per heavy atom. The van der Waals surface area contributed by atoms with Crippen molar-refractivity contribution in [3.05, 3.63) is 29.3 Å². The fourth-order valence-corrected chi connectivity index (χ4v) is 2.02. The number of rotatable bonds is 4. The van der Waals surface area contributed by atoms with Crippen LogP contribution < -0.4 is 10.5 Å². The van der Waals surface area contributed by atoms with Crippen LogP contribution in [0.1, 0.15) is 31.4 Å². The predicted molar refractivity (Wildman–Crippen MR) is 66.8 cm³/mol. The van der Waals surface area contributed by atoms with Gasteiger partial charge in [0.15, 0.2) is 0 Å². The van der Waals surface area contributed by atoms with E-state index in [2.05, 4.69) is 32.0 Å². The van der Waals surface area contributed by atoms with Crippen molar-refractivity contribution in [3.8, 4) is 5.75 Å². The first-order valence-electron chi connectivity index (χ1n) is 6.17. The zero-order chi connectivity index (χ0) is 11.5. The lowest BCUT2D eigenvalue weighted by Gasteiger charge is -2.16. The summed E-state index contributed by atoms with van der Waals surface area (Å²) >= 11 is 0. The summed E-state index contributed by atoms with van der Waals surface area (Å²) in [5, 5.41) is 0. The first-order valence-corrected chi connectivity index (χ1v) is 6.17. The number of benzene rings is 1. The second kappa shape index (κ2) is 4.88. The van der Waals surface area contributed by atoms with Gasteiger partial charge in [0.25, 0.3) is 0 Å². The number of ether oxygens (including phenoxy) is 1. The van der Waals surface area contributed by atoms with E-state index in [4.69, 9.17) is 10.5 Å². The summed E-state index contributed by atoms with van der Waals surface area (Å²) < 4.78 is 5.73. The van der Waals surface area contributed by atoms with Gasteiger partial charge in [-0.1, -0.05) is 19.9 Å². The summed E-state index contributed by atoms with van der Waals surface area (Å²) in [6, 6.07) is 6.55. The van der Waals surface area contributed by atoms with Crippen LogP contribution >= 0.6 is 0 Å². The van der Waals surface area contributed by atoms with E-state index in [0.29, 0.717) is 12.5 Å². The van der Waals surface area contributed by atoms with Crippen LogP contribution in [0.5, 0.6) is 5.75 Å². The summed E-state index contributed by atoms with van der Waals surface area (Å²) in [6.45, 7) is 4.85. The third-order valence-electron chi connectivity index (χ3n) is 3.37. The molecule has 2 nitrogen and oxygen atoms in total. The van der Waals surface area contributed by atoms with Crippen LogP contribution in [0.25, 0.3) is 0 Å². The van der Waals surface area contributed by atoms with Gasteiger partial charge in [0.05, 0.1) is 0 Å². The molecule has 2 N–H and O–H groups in total. The monoisotopic (exact) mass is 219 g/mol. The Kier molecular flexibility index (Phi) is 3.49. The van der Waals surface area contributed by atoms with Crippen molar-refractivity contribution in [2.24, 2.45) is 11.7 Å². The highest BCUT2D eigenvalue weighted by molar-refractivity contribution is 5.38. The summed E-state index contributed by atoms with van der Waals surface area (Å²) in [5.74, 6) is 1.44. The van der Waals surface area contributed by atoms with E-state index in [1.165, 1.54) is 30.4 Å². The predicted octanol–water partition coefficient (Wildman–Crippen LogP) is 2.54. The van der Waals surface area contributed by atoms with Gasteiger partial charge in [-0.3, -0.25) is 0 Å². The van der Waals surface area contributed by atoms with Crippen molar-refractivity contribution >= 4 is 0 Å².